The summed E-state index contributed by atoms with van der Waals surface area (Å²) in [7, 11) is 0. The summed E-state index contributed by atoms with van der Waals surface area (Å²) < 4.78 is 5.29. The number of benzene rings is 2. The summed E-state index contributed by atoms with van der Waals surface area (Å²) in [5.74, 6) is -0.205. The van der Waals surface area contributed by atoms with Crippen LogP contribution in [0.4, 0.5) is 16.2 Å². The predicted octanol–water partition coefficient (Wildman–Crippen LogP) is 5.27. The average molecular weight is 452 g/mol. The fourth-order valence-electron chi connectivity index (χ4n) is 4.11. The number of carbonyl (C=O) groups is 3. The summed E-state index contributed by atoms with van der Waals surface area (Å²) in [6.45, 7) is 10.8. The lowest BCUT2D eigenvalue weighted by molar-refractivity contribution is -0.119. The van der Waals surface area contributed by atoms with E-state index in [4.69, 9.17) is 4.74 Å². The van der Waals surface area contributed by atoms with Crippen LogP contribution in [0.15, 0.2) is 42.5 Å². The van der Waals surface area contributed by atoms with E-state index in [9.17, 15) is 14.4 Å². The molecule has 2 N–H and O–H groups in total. The molecule has 0 unspecified atom stereocenters. The van der Waals surface area contributed by atoms with E-state index in [0.717, 1.165) is 28.1 Å². The van der Waals surface area contributed by atoms with Gasteiger partial charge < -0.3 is 20.3 Å². The van der Waals surface area contributed by atoms with Crippen molar-refractivity contribution >= 4 is 29.3 Å². The highest BCUT2D eigenvalue weighted by Gasteiger charge is 2.33. The maximum absolute atomic E-state index is 12.4. The lowest BCUT2D eigenvalue weighted by atomic mass is 9.89. The number of fused-ring (bicyclic) bond motifs is 1. The topological polar surface area (TPSA) is 87.7 Å². The number of amides is 3. The van der Waals surface area contributed by atoms with E-state index < -0.39 is 6.09 Å². The Balaban J connectivity index is 1.99. The van der Waals surface area contributed by atoms with E-state index in [-0.39, 0.29) is 35.9 Å². The monoisotopic (exact) mass is 451 g/mol. The van der Waals surface area contributed by atoms with E-state index in [1.807, 2.05) is 63.2 Å². The number of anilines is 2. The summed E-state index contributed by atoms with van der Waals surface area (Å²) in [6.07, 6.45) is -0.129. The molecule has 33 heavy (non-hydrogen) atoms. The van der Waals surface area contributed by atoms with Crippen molar-refractivity contribution in [3.8, 4) is 11.1 Å². The van der Waals surface area contributed by atoms with Crippen LogP contribution in [0.5, 0.6) is 0 Å². The average Bonchev–Trinajstić information content (AvgIpc) is 2.72. The first-order valence-electron chi connectivity index (χ1n) is 11.4. The van der Waals surface area contributed by atoms with Gasteiger partial charge in [-0.3, -0.25) is 9.59 Å². The second kappa shape index (κ2) is 10.1. The van der Waals surface area contributed by atoms with Crippen LogP contribution in [0.3, 0.4) is 0 Å². The summed E-state index contributed by atoms with van der Waals surface area (Å²) in [5, 5.41) is 5.90. The molecule has 0 aromatic heterocycles. The highest BCUT2D eigenvalue weighted by molar-refractivity contribution is 5.95. The number of carbonyl (C=O) groups excluding carboxylic acids is 3. The van der Waals surface area contributed by atoms with Crippen molar-refractivity contribution in [2.45, 2.75) is 66.2 Å². The molecule has 3 rings (SSSR count). The Morgan fingerprint density at radius 2 is 1.73 bits per heavy atom. The zero-order chi connectivity index (χ0) is 24.3. The molecule has 0 saturated carbocycles. The van der Waals surface area contributed by atoms with Gasteiger partial charge in [-0.15, -0.1) is 0 Å². The third-order valence-electron chi connectivity index (χ3n) is 5.64. The number of nitrogens with zero attached hydrogens (tertiary/aromatic N) is 1. The van der Waals surface area contributed by atoms with Gasteiger partial charge in [0.15, 0.2) is 0 Å². The van der Waals surface area contributed by atoms with Gasteiger partial charge in [-0.1, -0.05) is 32.0 Å². The number of ether oxygens (including phenoxy) is 1. The molecule has 7 nitrogen and oxygen atoms in total. The lowest BCUT2D eigenvalue weighted by Crippen LogP contribution is -2.45. The van der Waals surface area contributed by atoms with Crippen molar-refractivity contribution in [1.82, 2.24) is 5.32 Å². The van der Waals surface area contributed by atoms with Crippen molar-refractivity contribution in [2.24, 2.45) is 5.92 Å². The van der Waals surface area contributed by atoms with Crippen LogP contribution in [0.1, 0.15) is 59.6 Å². The second-order valence-electron chi connectivity index (χ2n) is 9.12. The van der Waals surface area contributed by atoms with Gasteiger partial charge in [0.05, 0.1) is 12.1 Å². The van der Waals surface area contributed by atoms with Gasteiger partial charge in [-0.05, 0) is 68.1 Å². The minimum atomic E-state index is -0.478. The summed E-state index contributed by atoms with van der Waals surface area (Å²) in [4.78, 5) is 38.6. The van der Waals surface area contributed by atoms with Gasteiger partial charge in [0.25, 0.3) is 0 Å². The lowest BCUT2D eigenvalue weighted by Gasteiger charge is -2.39. The Labute approximate surface area is 195 Å². The molecule has 3 amide bonds. The molecule has 2 atom stereocenters. The highest BCUT2D eigenvalue weighted by Crippen LogP contribution is 2.40. The second-order valence-corrected chi connectivity index (χ2v) is 9.12. The van der Waals surface area contributed by atoms with Crippen molar-refractivity contribution in [3.05, 3.63) is 48.0 Å². The van der Waals surface area contributed by atoms with Crippen LogP contribution in [0, 0.1) is 5.92 Å². The van der Waals surface area contributed by atoms with E-state index in [1.54, 1.807) is 25.7 Å². The van der Waals surface area contributed by atoms with E-state index >= 15 is 0 Å². The standard InChI is InChI=1S/C26H33N3O4/c1-15(2)25(31)27-21-9-7-8-19(13-21)20-10-11-24-22(14-20)23(28-26(32)33-16(3)4)12-17(5)29(24)18(6)30/h7-11,13-17,23H,12H2,1-6H3,(H,27,31)(H,28,32)/t17-,23+/m0/s1. The van der Waals surface area contributed by atoms with Crippen LogP contribution < -0.4 is 15.5 Å². The van der Waals surface area contributed by atoms with Crippen molar-refractivity contribution in [2.75, 3.05) is 10.2 Å². The normalized spacial score (nSPS) is 17.5. The molecule has 7 heteroatoms. The molecule has 0 radical (unpaired) electrons. The minimum Gasteiger partial charge on any atom is -0.447 e. The van der Waals surface area contributed by atoms with Crippen LogP contribution in [-0.4, -0.2) is 30.1 Å². The van der Waals surface area contributed by atoms with E-state index in [0.29, 0.717) is 6.42 Å². The summed E-state index contributed by atoms with van der Waals surface area (Å²) >= 11 is 0. The first-order valence-corrected chi connectivity index (χ1v) is 11.4. The predicted molar refractivity (Wildman–Crippen MR) is 130 cm³/mol. The number of hydrogen-bond donors (Lipinski definition) is 2. The van der Waals surface area contributed by atoms with Crippen LogP contribution in [-0.2, 0) is 14.3 Å². The SMILES string of the molecule is CC(=O)N1c2ccc(-c3cccc(NC(=O)C(C)C)c3)cc2[C@H](NC(=O)OC(C)C)C[C@@H]1C. The zero-order valence-electron chi connectivity index (χ0n) is 20.1. The molecule has 0 spiro atoms. The third kappa shape index (κ3) is 5.72. The Kier molecular flexibility index (Phi) is 7.41. The third-order valence-corrected chi connectivity index (χ3v) is 5.64. The van der Waals surface area contributed by atoms with Crippen LogP contribution >= 0.6 is 0 Å². The van der Waals surface area contributed by atoms with Gasteiger partial charge in [-0.2, -0.15) is 0 Å². The first-order chi connectivity index (χ1) is 15.6. The molecule has 0 bridgehead atoms. The van der Waals surface area contributed by atoms with Crippen LogP contribution in [0.2, 0.25) is 0 Å². The molecule has 0 fully saturated rings. The molecule has 1 aliphatic heterocycles. The molecular weight excluding hydrogens is 418 g/mol. The molecule has 0 saturated heterocycles. The van der Waals surface area contributed by atoms with Gasteiger partial charge in [0.2, 0.25) is 11.8 Å². The van der Waals surface area contributed by atoms with Crippen molar-refractivity contribution < 1.29 is 19.1 Å². The highest BCUT2D eigenvalue weighted by atomic mass is 16.6. The van der Waals surface area contributed by atoms with Crippen molar-refractivity contribution in [3.63, 3.8) is 0 Å². The zero-order valence-corrected chi connectivity index (χ0v) is 20.1. The largest absolute Gasteiger partial charge is 0.447 e. The smallest absolute Gasteiger partial charge is 0.407 e. The fraction of sp³-hybridized carbons (Fsp3) is 0.423. The maximum Gasteiger partial charge on any atom is 0.407 e. The molecule has 2 aromatic rings. The number of nitrogens with one attached hydrogen (secondary N) is 2. The molecule has 1 heterocycles. The summed E-state index contributed by atoms with van der Waals surface area (Å²) in [5.41, 5.74) is 4.22. The van der Waals surface area contributed by atoms with Crippen LogP contribution in [0.25, 0.3) is 11.1 Å². The van der Waals surface area contributed by atoms with Crippen molar-refractivity contribution in [1.29, 1.82) is 0 Å². The van der Waals surface area contributed by atoms with E-state index in [1.165, 1.54) is 0 Å². The molecule has 1 aliphatic rings. The Hall–Kier alpha value is -3.35. The summed E-state index contributed by atoms with van der Waals surface area (Å²) in [6, 6.07) is 13.2. The molecule has 2 aromatic carbocycles. The van der Waals surface area contributed by atoms with Gasteiger partial charge in [-0.25, -0.2) is 4.79 Å². The molecule has 0 aliphatic carbocycles. The first kappa shape index (κ1) is 24.3. The van der Waals surface area contributed by atoms with Gasteiger partial charge in [0.1, 0.15) is 0 Å². The molecule has 176 valence electrons. The van der Waals surface area contributed by atoms with E-state index in [2.05, 4.69) is 10.6 Å². The Morgan fingerprint density at radius 3 is 2.36 bits per heavy atom. The Bertz CT molecular complexity index is 1050. The Morgan fingerprint density at radius 1 is 1.03 bits per heavy atom. The number of alkyl carbamates (subject to hydrolysis) is 1. The maximum atomic E-state index is 12.4. The molecular formula is C26H33N3O4. The number of hydrogen-bond acceptors (Lipinski definition) is 4. The fourth-order valence-corrected chi connectivity index (χ4v) is 4.11. The van der Waals surface area contributed by atoms with Gasteiger partial charge >= 0.3 is 6.09 Å². The minimum absolute atomic E-state index is 0.0434. The van der Waals surface area contributed by atoms with Gasteiger partial charge in [0, 0.05) is 30.3 Å². The quantitative estimate of drug-likeness (QED) is 0.648. The number of rotatable bonds is 5.